The minimum Gasteiger partial charge on any atom is -0.388 e. The molecular weight excluding hydrogens is 196 g/mol. The van der Waals surface area contributed by atoms with Crippen molar-refractivity contribution in [3.63, 3.8) is 0 Å². The highest BCUT2D eigenvalue weighted by molar-refractivity contribution is 7.80. The first-order chi connectivity index (χ1) is 6.74. The summed E-state index contributed by atoms with van der Waals surface area (Å²) in [6.07, 6.45) is 0. The molecule has 0 heterocycles. The lowest BCUT2D eigenvalue weighted by atomic mass is 10.3. The average Bonchev–Trinajstić information content (AvgIpc) is 2.22. The van der Waals surface area contributed by atoms with Crippen LogP contribution in [0.15, 0.2) is 29.2 Å². The number of hydrogen-bond acceptors (Lipinski definition) is 4. The number of carbonyl (C=O) groups is 1. The molecule has 0 fully saturated rings. The van der Waals surface area contributed by atoms with Crippen LogP contribution in [-0.4, -0.2) is 27.9 Å². The van der Waals surface area contributed by atoms with E-state index in [4.69, 9.17) is 4.79 Å². The van der Waals surface area contributed by atoms with E-state index < -0.39 is 0 Å². The predicted octanol–water partition coefficient (Wildman–Crippen LogP) is 1.67. The normalized spacial score (nSPS) is 7.43. The lowest BCUT2D eigenvalue weighted by Crippen LogP contribution is -1.89. The Morgan fingerprint density at radius 3 is 2.00 bits per heavy atom. The standard InChI is InChI=1S/C7H9NS.C2H7N.CH2O/c1-8-6-3-2-4-7(9)5-6;1-3-2;1-2/h2-5,8-9H,1H3;3H,1-2H3;1H2. The maximum Gasteiger partial charge on any atom is 0.106 e. The summed E-state index contributed by atoms with van der Waals surface area (Å²) in [6, 6.07) is 7.89. The minimum absolute atomic E-state index is 0.988. The van der Waals surface area contributed by atoms with Crippen LogP contribution in [0.4, 0.5) is 5.69 Å². The smallest absolute Gasteiger partial charge is 0.106 e. The molecule has 0 amide bonds. The second-order valence-electron chi connectivity index (χ2n) is 2.30. The van der Waals surface area contributed by atoms with Gasteiger partial charge >= 0.3 is 0 Å². The van der Waals surface area contributed by atoms with Crippen LogP contribution in [0.2, 0.25) is 0 Å². The van der Waals surface area contributed by atoms with Gasteiger partial charge in [-0.3, -0.25) is 0 Å². The van der Waals surface area contributed by atoms with Crippen molar-refractivity contribution in [1.82, 2.24) is 5.32 Å². The van der Waals surface area contributed by atoms with E-state index in [1.807, 2.05) is 52.2 Å². The SMILES string of the molecule is C=O.CNC.CNc1cccc(S)c1. The first-order valence-electron chi connectivity index (χ1n) is 4.08. The van der Waals surface area contributed by atoms with E-state index in [-0.39, 0.29) is 0 Å². The number of hydrogen-bond donors (Lipinski definition) is 3. The maximum atomic E-state index is 8.00. The third kappa shape index (κ3) is 9.09. The zero-order valence-electron chi connectivity index (χ0n) is 8.87. The van der Waals surface area contributed by atoms with Crippen LogP contribution < -0.4 is 10.6 Å². The molecule has 0 atom stereocenters. The van der Waals surface area contributed by atoms with Crippen LogP contribution in [0.25, 0.3) is 0 Å². The largest absolute Gasteiger partial charge is 0.388 e. The van der Waals surface area contributed by atoms with E-state index in [1.54, 1.807) is 0 Å². The Kier molecular flexibility index (Phi) is 13.3. The molecule has 14 heavy (non-hydrogen) atoms. The average molecular weight is 214 g/mol. The highest BCUT2D eigenvalue weighted by Gasteiger charge is 1.85. The molecule has 0 bridgehead atoms. The summed E-state index contributed by atoms with van der Waals surface area (Å²) in [4.78, 5) is 8.99. The molecule has 0 aliphatic carbocycles. The first kappa shape index (κ1) is 15.5. The summed E-state index contributed by atoms with van der Waals surface area (Å²) in [5.74, 6) is 0. The second-order valence-corrected chi connectivity index (χ2v) is 2.82. The molecule has 0 aliphatic rings. The third-order valence-corrected chi connectivity index (χ3v) is 1.41. The molecule has 2 N–H and O–H groups in total. The highest BCUT2D eigenvalue weighted by atomic mass is 32.1. The monoisotopic (exact) mass is 214 g/mol. The number of anilines is 1. The summed E-state index contributed by atoms with van der Waals surface area (Å²) in [6.45, 7) is 2.00. The van der Waals surface area contributed by atoms with Crippen molar-refractivity contribution < 1.29 is 4.79 Å². The fourth-order valence-electron chi connectivity index (χ4n) is 0.661. The van der Waals surface area contributed by atoms with Crippen LogP contribution in [0, 0.1) is 0 Å². The van der Waals surface area contributed by atoms with Gasteiger partial charge in [-0.25, -0.2) is 0 Å². The Labute approximate surface area is 91.3 Å². The van der Waals surface area contributed by atoms with E-state index >= 15 is 0 Å². The molecular formula is C10H18N2OS. The summed E-state index contributed by atoms with van der Waals surface area (Å²) >= 11 is 4.17. The van der Waals surface area contributed by atoms with Gasteiger partial charge in [-0.05, 0) is 32.3 Å². The molecule has 0 aromatic heterocycles. The molecule has 1 rings (SSSR count). The molecule has 0 radical (unpaired) electrons. The molecule has 4 heteroatoms. The van der Waals surface area contributed by atoms with Gasteiger partial charge in [-0.1, -0.05) is 6.07 Å². The van der Waals surface area contributed by atoms with Gasteiger partial charge in [-0.2, -0.15) is 0 Å². The van der Waals surface area contributed by atoms with Crippen LogP contribution in [-0.2, 0) is 4.79 Å². The van der Waals surface area contributed by atoms with Crippen molar-refractivity contribution in [1.29, 1.82) is 0 Å². The van der Waals surface area contributed by atoms with Gasteiger partial charge in [0.25, 0.3) is 0 Å². The first-order valence-corrected chi connectivity index (χ1v) is 4.53. The van der Waals surface area contributed by atoms with E-state index in [9.17, 15) is 0 Å². The number of rotatable bonds is 1. The summed E-state index contributed by atoms with van der Waals surface area (Å²) in [7, 11) is 5.64. The van der Waals surface area contributed by atoms with Crippen molar-refractivity contribution in [2.75, 3.05) is 26.5 Å². The van der Waals surface area contributed by atoms with Crippen LogP contribution >= 0.6 is 12.6 Å². The minimum atomic E-state index is 0.988. The molecule has 0 unspecified atom stereocenters. The van der Waals surface area contributed by atoms with Gasteiger partial charge in [0.15, 0.2) is 0 Å². The second kappa shape index (κ2) is 12.0. The quantitative estimate of drug-likeness (QED) is 0.623. The van der Waals surface area contributed by atoms with Crippen LogP contribution in [0.1, 0.15) is 0 Å². The lowest BCUT2D eigenvalue weighted by molar-refractivity contribution is -0.0979. The predicted molar refractivity (Wildman–Crippen MR) is 65.3 cm³/mol. The van der Waals surface area contributed by atoms with Gasteiger partial charge in [0, 0.05) is 17.6 Å². The van der Waals surface area contributed by atoms with E-state index in [1.165, 1.54) is 0 Å². The zero-order valence-corrected chi connectivity index (χ0v) is 9.77. The van der Waals surface area contributed by atoms with Gasteiger partial charge in [0.2, 0.25) is 0 Å². The van der Waals surface area contributed by atoms with Crippen molar-refractivity contribution in [2.24, 2.45) is 0 Å². The topological polar surface area (TPSA) is 41.1 Å². The number of thiol groups is 1. The van der Waals surface area contributed by atoms with Gasteiger partial charge in [0.1, 0.15) is 6.79 Å². The molecule has 1 aromatic carbocycles. The lowest BCUT2D eigenvalue weighted by Gasteiger charge is -1.97. The van der Waals surface area contributed by atoms with E-state index in [0.717, 1.165) is 10.6 Å². The van der Waals surface area contributed by atoms with Crippen molar-refractivity contribution in [3.8, 4) is 0 Å². The third-order valence-electron chi connectivity index (χ3n) is 1.13. The van der Waals surface area contributed by atoms with Gasteiger partial charge in [0.05, 0.1) is 0 Å². The highest BCUT2D eigenvalue weighted by Crippen LogP contribution is 2.11. The van der Waals surface area contributed by atoms with Gasteiger partial charge < -0.3 is 15.4 Å². The summed E-state index contributed by atoms with van der Waals surface area (Å²) in [5.41, 5.74) is 1.10. The Bertz CT molecular complexity index is 231. The van der Waals surface area contributed by atoms with Crippen LogP contribution in [0.5, 0.6) is 0 Å². The fourth-order valence-corrected chi connectivity index (χ4v) is 0.887. The Morgan fingerprint density at radius 1 is 1.21 bits per heavy atom. The molecule has 0 spiro atoms. The number of nitrogens with one attached hydrogen (secondary N) is 2. The number of benzene rings is 1. The van der Waals surface area contributed by atoms with Gasteiger partial charge in [-0.15, -0.1) is 12.6 Å². The van der Waals surface area contributed by atoms with Crippen molar-refractivity contribution in [2.45, 2.75) is 4.90 Å². The molecule has 0 saturated heterocycles. The molecule has 0 saturated carbocycles. The van der Waals surface area contributed by atoms with Crippen molar-refractivity contribution >= 4 is 25.1 Å². The summed E-state index contributed by atoms with van der Waals surface area (Å²) < 4.78 is 0. The Hall–Kier alpha value is -1.00. The fraction of sp³-hybridized carbons (Fsp3) is 0.300. The maximum absolute atomic E-state index is 8.00. The molecule has 1 aromatic rings. The molecule has 3 nitrogen and oxygen atoms in total. The Balaban J connectivity index is 0. The van der Waals surface area contributed by atoms with E-state index in [2.05, 4.69) is 23.3 Å². The van der Waals surface area contributed by atoms with Crippen LogP contribution in [0.3, 0.4) is 0 Å². The van der Waals surface area contributed by atoms with Crippen molar-refractivity contribution in [3.05, 3.63) is 24.3 Å². The molecule has 0 aliphatic heterocycles. The molecule has 80 valence electrons. The van der Waals surface area contributed by atoms with E-state index in [0.29, 0.717) is 0 Å². The zero-order chi connectivity index (χ0) is 11.4. The summed E-state index contributed by atoms with van der Waals surface area (Å²) in [5, 5.41) is 5.77. The Morgan fingerprint density at radius 2 is 1.71 bits per heavy atom. The number of carbonyl (C=O) groups excluding carboxylic acids is 1.